The third-order valence-corrected chi connectivity index (χ3v) is 3.34. The number of hydrogen-bond donors (Lipinski definition) is 3. The number of aliphatic hydroxyl groups is 2. The highest BCUT2D eigenvalue weighted by Crippen LogP contribution is 2.29. The number of carbonyl (C=O) groups excluding carboxylic acids is 1. The van der Waals surface area contributed by atoms with E-state index in [-0.39, 0.29) is 25.5 Å². The van der Waals surface area contributed by atoms with Crippen LogP contribution < -0.4 is 5.32 Å². The van der Waals surface area contributed by atoms with E-state index in [1.165, 1.54) is 0 Å². The van der Waals surface area contributed by atoms with Crippen LogP contribution in [0.4, 0.5) is 5.69 Å². The van der Waals surface area contributed by atoms with Gasteiger partial charge < -0.3 is 15.5 Å². The van der Waals surface area contributed by atoms with E-state index in [0.29, 0.717) is 35.4 Å². The first kappa shape index (κ1) is 17.2. The van der Waals surface area contributed by atoms with Crippen LogP contribution in [-0.4, -0.2) is 53.9 Å². The maximum absolute atomic E-state index is 11.8. The third kappa shape index (κ3) is 5.64. The molecule has 0 fully saturated rings. The highest BCUT2D eigenvalue weighted by atomic mass is 35.5. The van der Waals surface area contributed by atoms with Crippen molar-refractivity contribution >= 4 is 34.8 Å². The summed E-state index contributed by atoms with van der Waals surface area (Å²) < 4.78 is 0. The molecule has 7 heteroatoms. The molecule has 112 valence electrons. The second-order valence-electron chi connectivity index (χ2n) is 4.18. The average molecular weight is 321 g/mol. The lowest BCUT2D eigenvalue weighted by molar-refractivity contribution is -0.116. The lowest BCUT2D eigenvalue weighted by Crippen LogP contribution is -2.32. The molecule has 1 aromatic rings. The Morgan fingerprint density at radius 3 is 2.15 bits per heavy atom. The molecule has 0 spiro atoms. The Labute approximate surface area is 128 Å². The quantitative estimate of drug-likeness (QED) is 0.680. The van der Waals surface area contributed by atoms with Crippen LogP contribution in [0.2, 0.25) is 10.0 Å². The highest BCUT2D eigenvalue weighted by Gasteiger charge is 2.11. The number of nitrogens with one attached hydrogen (secondary N) is 1. The van der Waals surface area contributed by atoms with Gasteiger partial charge in [-0.3, -0.25) is 9.69 Å². The SMILES string of the molecule is O=C(CCN(CCO)CCO)Nc1c(Cl)cccc1Cl. The van der Waals surface area contributed by atoms with Gasteiger partial charge in [0.15, 0.2) is 0 Å². The van der Waals surface area contributed by atoms with Gasteiger partial charge in [0.1, 0.15) is 0 Å². The minimum absolute atomic E-state index is 0.0159. The molecule has 20 heavy (non-hydrogen) atoms. The highest BCUT2D eigenvalue weighted by molar-refractivity contribution is 6.39. The summed E-state index contributed by atoms with van der Waals surface area (Å²) in [6, 6.07) is 4.99. The number of para-hydroxylation sites is 1. The molecule has 0 unspecified atom stereocenters. The Balaban J connectivity index is 2.51. The fourth-order valence-corrected chi connectivity index (χ4v) is 2.19. The van der Waals surface area contributed by atoms with Gasteiger partial charge in [0.25, 0.3) is 0 Å². The molecular formula is C13H18Cl2N2O3. The molecule has 5 nitrogen and oxygen atoms in total. The van der Waals surface area contributed by atoms with Crippen molar-refractivity contribution in [1.82, 2.24) is 4.90 Å². The summed E-state index contributed by atoms with van der Waals surface area (Å²) in [5.74, 6) is -0.221. The number of hydrogen-bond acceptors (Lipinski definition) is 4. The second-order valence-corrected chi connectivity index (χ2v) is 5.00. The van der Waals surface area contributed by atoms with Crippen molar-refractivity contribution in [1.29, 1.82) is 0 Å². The second kappa shape index (κ2) is 9.15. The molecule has 0 saturated carbocycles. The lowest BCUT2D eigenvalue weighted by Gasteiger charge is -2.19. The third-order valence-electron chi connectivity index (χ3n) is 2.71. The zero-order chi connectivity index (χ0) is 15.0. The fraction of sp³-hybridized carbons (Fsp3) is 0.462. The summed E-state index contributed by atoms with van der Waals surface area (Å²) in [6.45, 7) is 1.24. The number of carbonyl (C=O) groups is 1. The van der Waals surface area contributed by atoms with Gasteiger partial charge in [-0.05, 0) is 12.1 Å². The van der Waals surface area contributed by atoms with Crippen molar-refractivity contribution in [2.45, 2.75) is 6.42 Å². The normalized spacial score (nSPS) is 10.8. The van der Waals surface area contributed by atoms with Crippen molar-refractivity contribution < 1.29 is 15.0 Å². The summed E-state index contributed by atoms with van der Waals surface area (Å²) in [4.78, 5) is 13.6. The molecule has 0 atom stereocenters. The van der Waals surface area contributed by atoms with E-state index >= 15 is 0 Å². The monoisotopic (exact) mass is 320 g/mol. The van der Waals surface area contributed by atoms with Crippen molar-refractivity contribution in [3.63, 3.8) is 0 Å². The molecule has 1 amide bonds. The molecule has 0 aliphatic rings. The first-order chi connectivity index (χ1) is 9.58. The minimum Gasteiger partial charge on any atom is -0.395 e. The summed E-state index contributed by atoms with van der Waals surface area (Å²) in [7, 11) is 0. The first-order valence-electron chi connectivity index (χ1n) is 6.26. The van der Waals surface area contributed by atoms with E-state index < -0.39 is 0 Å². The summed E-state index contributed by atoms with van der Waals surface area (Å²) in [5, 5.41) is 21.2. The first-order valence-corrected chi connectivity index (χ1v) is 7.02. The van der Waals surface area contributed by atoms with Crippen LogP contribution >= 0.6 is 23.2 Å². The number of rotatable bonds is 8. The zero-order valence-corrected chi connectivity index (χ0v) is 12.5. The van der Waals surface area contributed by atoms with Crippen LogP contribution in [-0.2, 0) is 4.79 Å². The largest absolute Gasteiger partial charge is 0.395 e. The van der Waals surface area contributed by atoms with Crippen LogP contribution in [0, 0.1) is 0 Å². The minimum atomic E-state index is -0.221. The molecule has 3 N–H and O–H groups in total. The van der Waals surface area contributed by atoms with E-state index in [9.17, 15) is 4.79 Å². The number of halogens is 2. The molecule has 0 saturated heterocycles. The summed E-state index contributed by atoms with van der Waals surface area (Å²) in [6.07, 6.45) is 0.224. The summed E-state index contributed by atoms with van der Waals surface area (Å²) >= 11 is 11.9. The van der Waals surface area contributed by atoms with Gasteiger partial charge in [0, 0.05) is 26.1 Å². The van der Waals surface area contributed by atoms with Gasteiger partial charge >= 0.3 is 0 Å². The lowest BCUT2D eigenvalue weighted by atomic mass is 10.3. The molecule has 1 rings (SSSR count). The van der Waals surface area contributed by atoms with Gasteiger partial charge in [-0.15, -0.1) is 0 Å². The molecular weight excluding hydrogens is 303 g/mol. The van der Waals surface area contributed by atoms with Crippen molar-refractivity contribution in [3.05, 3.63) is 28.2 Å². The fourth-order valence-electron chi connectivity index (χ4n) is 1.70. The Bertz CT molecular complexity index is 417. The van der Waals surface area contributed by atoms with Crippen LogP contribution in [0.5, 0.6) is 0 Å². The van der Waals surface area contributed by atoms with E-state index in [1.807, 2.05) is 0 Å². The molecule has 0 heterocycles. The van der Waals surface area contributed by atoms with Gasteiger partial charge in [0.05, 0.1) is 28.9 Å². The van der Waals surface area contributed by atoms with Crippen molar-refractivity contribution in [3.8, 4) is 0 Å². The molecule has 0 aromatic heterocycles. The molecule has 1 aromatic carbocycles. The van der Waals surface area contributed by atoms with Gasteiger partial charge in [-0.25, -0.2) is 0 Å². The predicted octanol–water partition coefficient (Wildman–Crippen LogP) is 1.61. The zero-order valence-electron chi connectivity index (χ0n) is 11.0. The van der Waals surface area contributed by atoms with E-state index in [0.717, 1.165) is 0 Å². The Morgan fingerprint density at radius 2 is 1.65 bits per heavy atom. The predicted molar refractivity (Wildman–Crippen MR) is 80.3 cm³/mol. The van der Waals surface area contributed by atoms with Crippen LogP contribution in [0.25, 0.3) is 0 Å². The van der Waals surface area contributed by atoms with E-state index in [2.05, 4.69) is 5.32 Å². The van der Waals surface area contributed by atoms with Gasteiger partial charge in [0.2, 0.25) is 5.91 Å². The van der Waals surface area contributed by atoms with Gasteiger partial charge in [-0.1, -0.05) is 29.3 Å². The van der Waals surface area contributed by atoms with E-state index in [4.69, 9.17) is 33.4 Å². The Hall–Kier alpha value is -0.850. The summed E-state index contributed by atoms with van der Waals surface area (Å²) in [5.41, 5.74) is 0.400. The maximum Gasteiger partial charge on any atom is 0.225 e. The number of aliphatic hydroxyl groups excluding tert-OH is 2. The molecule has 0 bridgehead atoms. The topological polar surface area (TPSA) is 72.8 Å². The Kier molecular flexibility index (Phi) is 7.87. The van der Waals surface area contributed by atoms with Crippen LogP contribution in [0.3, 0.4) is 0 Å². The average Bonchev–Trinajstić information content (AvgIpc) is 2.41. The number of nitrogens with zero attached hydrogens (tertiary/aromatic N) is 1. The standard InChI is InChI=1S/C13H18Cl2N2O3/c14-10-2-1-3-11(15)13(10)16-12(20)4-5-17(6-8-18)7-9-19/h1-3,18-19H,4-9H2,(H,16,20). The van der Waals surface area contributed by atoms with Crippen LogP contribution in [0.1, 0.15) is 6.42 Å². The van der Waals surface area contributed by atoms with Crippen molar-refractivity contribution in [2.24, 2.45) is 0 Å². The van der Waals surface area contributed by atoms with Crippen LogP contribution in [0.15, 0.2) is 18.2 Å². The van der Waals surface area contributed by atoms with Gasteiger partial charge in [-0.2, -0.15) is 0 Å². The number of benzene rings is 1. The molecule has 0 aliphatic carbocycles. The van der Waals surface area contributed by atoms with Crippen molar-refractivity contribution in [2.75, 3.05) is 38.2 Å². The molecule has 0 radical (unpaired) electrons. The smallest absolute Gasteiger partial charge is 0.225 e. The molecule has 0 aliphatic heterocycles. The maximum atomic E-state index is 11.8. The Morgan fingerprint density at radius 1 is 1.10 bits per heavy atom. The number of amides is 1. The van der Waals surface area contributed by atoms with E-state index in [1.54, 1.807) is 23.1 Å². The number of anilines is 1.